The van der Waals surface area contributed by atoms with Crippen LogP contribution in [0.15, 0.2) is 59.7 Å². The second-order valence-electron chi connectivity index (χ2n) is 13.0. The first-order chi connectivity index (χ1) is 21.2. The number of nitrogens with zero attached hydrogens (tertiary/aromatic N) is 5. The maximum atomic E-state index is 14.9. The Labute approximate surface area is 274 Å². The summed E-state index contributed by atoms with van der Waals surface area (Å²) in [6.45, 7) is 13.1. The Bertz CT molecular complexity index is 1610. The third-order valence-corrected chi connectivity index (χ3v) is 9.56. The molecular formula is C34H40Cl2N6O3. The Kier molecular flexibility index (Phi) is 8.90. The zero-order valence-corrected chi connectivity index (χ0v) is 28.1. The van der Waals surface area contributed by atoms with Gasteiger partial charge >= 0.3 is 6.03 Å². The van der Waals surface area contributed by atoms with Gasteiger partial charge in [0.25, 0.3) is 0 Å². The predicted octanol–water partition coefficient (Wildman–Crippen LogP) is 6.69. The lowest BCUT2D eigenvalue weighted by Gasteiger charge is -2.47. The molecule has 2 aliphatic heterocycles. The Morgan fingerprint density at radius 2 is 1.53 bits per heavy atom. The van der Waals surface area contributed by atoms with Crippen LogP contribution in [0.5, 0.6) is 5.88 Å². The maximum Gasteiger partial charge on any atom is 0.326 e. The zero-order valence-electron chi connectivity index (χ0n) is 26.6. The highest BCUT2D eigenvalue weighted by atomic mass is 35.5. The summed E-state index contributed by atoms with van der Waals surface area (Å²) < 4.78 is 6.11. The molecule has 2 aromatic carbocycles. The van der Waals surface area contributed by atoms with E-state index in [0.717, 1.165) is 11.1 Å². The van der Waals surface area contributed by atoms with Crippen molar-refractivity contribution in [2.24, 2.45) is 16.6 Å². The number of amides is 3. The van der Waals surface area contributed by atoms with E-state index in [9.17, 15) is 9.59 Å². The fourth-order valence-electron chi connectivity index (χ4n) is 6.19. The first-order valence-electron chi connectivity index (χ1n) is 15.2. The van der Waals surface area contributed by atoms with E-state index in [0.29, 0.717) is 65.7 Å². The number of ether oxygens (including phenoxy) is 1. The first-order valence-corrected chi connectivity index (χ1v) is 16.0. The van der Waals surface area contributed by atoms with Crippen LogP contribution in [-0.4, -0.2) is 57.2 Å². The Hall–Kier alpha value is -3.69. The van der Waals surface area contributed by atoms with Gasteiger partial charge < -0.3 is 15.4 Å². The number of benzene rings is 2. The number of likely N-dealkylation sites (tertiary alicyclic amines) is 1. The van der Waals surface area contributed by atoms with Crippen LogP contribution in [0, 0.1) is 5.92 Å². The summed E-state index contributed by atoms with van der Waals surface area (Å²) in [4.78, 5) is 45.3. The molecule has 3 aromatic rings. The molecule has 1 saturated heterocycles. The van der Waals surface area contributed by atoms with Crippen molar-refractivity contribution < 1.29 is 14.3 Å². The molecule has 45 heavy (non-hydrogen) atoms. The molecule has 1 fully saturated rings. The predicted molar refractivity (Wildman–Crippen MR) is 177 cm³/mol. The van der Waals surface area contributed by atoms with Crippen molar-refractivity contribution in [1.29, 1.82) is 0 Å². The van der Waals surface area contributed by atoms with Crippen LogP contribution in [0.25, 0.3) is 0 Å². The lowest BCUT2D eigenvalue weighted by molar-refractivity contribution is -0.123. The van der Waals surface area contributed by atoms with Gasteiger partial charge in [-0.3, -0.25) is 14.7 Å². The maximum absolute atomic E-state index is 14.9. The molecule has 5 rings (SSSR count). The van der Waals surface area contributed by atoms with E-state index < -0.39 is 11.1 Å². The molecule has 0 spiro atoms. The Morgan fingerprint density at radius 3 is 2.04 bits per heavy atom. The van der Waals surface area contributed by atoms with E-state index in [-0.39, 0.29) is 23.3 Å². The van der Waals surface area contributed by atoms with E-state index in [1.54, 1.807) is 16.0 Å². The fraction of sp³-hybridized carbons (Fsp3) is 0.441. The van der Waals surface area contributed by atoms with Crippen LogP contribution in [0.1, 0.15) is 76.9 Å². The molecule has 9 nitrogen and oxygen atoms in total. The van der Waals surface area contributed by atoms with Crippen molar-refractivity contribution in [3.8, 4) is 5.88 Å². The topological polar surface area (TPSA) is 114 Å². The summed E-state index contributed by atoms with van der Waals surface area (Å²) in [5.74, 6) is 0.728. The average molecular weight is 652 g/mol. The van der Waals surface area contributed by atoms with E-state index in [1.165, 1.54) is 0 Å². The van der Waals surface area contributed by atoms with Crippen LogP contribution < -0.4 is 10.5 Å². The number of aromatic nitrogens is 2. The van der Waals surface area contributed by atoms with Crippen LogP contribution in [0.4, 0.5) is 4.79 Å². The molecule has 0 saturated carbocycles. The summed E-state index contributed by atoms with van der Waals surface area (Å²) in [7, 11) is 0. The third kappa shape index (κ3) is 5.88. The number of urea groups is 1. The van der Waals surface area contributed by atoms with Gasteiger partial charge in [-0.1, -0.05) is 68.2 Å². The number of carbonyl (C=O) groups is 2. The smallest absolute Gasteiger partial charge is 0.326 e. The molecule has 2 aliphatic rings. The molecule has 0 unspecified atom stereocenters. The second kappa shape index (κ2) is 12.2. The van der Waals surface area contributed by atoms with Gasteiger partial charge in [0.2, 0.25) is 11.8 Å². The summed E-state index contributed by atoms with van der Waals surface area (Å²) >= 11 is 12.7. The SMILES string of the molecule is CCOc1nc(C(C)(C)C)ncc1C1=N[C@@](C)(c2ccc(Cl)cc2)[C@@](C)(c2ccc(Cl)cc2)N1C(=O)N1CCC(C(N)=O)CC1. The number of rotatable bonds is 6. The molecule has 0 bridgehead atoms. The number of hydrogen-bond acceptors (Lipinski definition) is 6. The molecule has 3 amide bonds. The monoisotopic (exact) mass is 650 g/mol. The van der Waals surface area contributed by atoms with Crippen molar-refractivity contribution in [1.82, 2.24) is 19.8 Å². The van der Waals surface area contributed by atoms with Crippen molar-refractivity contribution in [3.05, 3.63) is 87.3 Å². The standard InChI is InChI=1S/C34H40Cl2N6O3/c1-7-45-29-26(20-38-30(39-29)32(2,3)4)28-40-33(5,22-8-12-24(35)13-9-22)34(6,23-10-14-25(36)15-11-23)42(28)31(44)41-18-16-21(17-19-41)27(37)43/h8-15,20-21H,7,16-19H2,1-6H3,(H2,37,43)/t33-,34+/m0/s1. The number of halogens is 2. The van der Waals surface area contributed by atoms with Crippen LogP contribution >= 0.6 is 23.2 Å². The summed E-state index contributed by atoms with van der Waals surface area (Å²) in [6.07, 6.45) is 2.68. The second-order valence-corrected chi connectivity index (χ2v) is 13.8. The normalized spacial score (nSPS) is 22.4. The largest absolute Gasteiger partial charge is 0.477 e. The number of nitrogens with two attached hydrogens (primary N) is 1. The molecule has 238 valence electrons. The molecule has 0 radical (unpaired) electrons. The van der Waals surface area contributed by atoms with E-state index >= 15 is 0 Å². The molecule has 3 heterocycles. The summed E-state index contributed by atoms with van der Waals surface area (Å²) in [5.41, 5.74) is 5.40. The lowest BCUT2D eigenvalue weighted by atomic mass is 9.71. The number of piperidine rings is 1. The highest BCUT2D eigenvalue weighted by Gasteiger charge is 2.60. The average Bonchev–Trinajstić information content (AvgIpc) is 3.25. The van der Waals surface area contributed by atoms with Gasteiger partial charge in [0.05, 0.1) is 12.2 Å². The Balaban J connectivity index is 1.76. The zero-order chi connectivity index (χ0) is 32.7. The van der Waals surface area contributed by atoms with Crippen molar-refractivity contribution in [2.75, 3.05) is 19.7 Å². The van der Waals surface area contributed by atoms with Crippen LogP contribution in [-0.2, 0) is 21.3 Å². The number of amidine groups is 1. The van der Waals surface area contributed by atoms with Crippen molar-refractivity contribution in [2.45, 2.75) is 70.9 Å². The van der Waals surface area contributed by atoms with Gasteiger partial charge in [-0.05, 0) is 69.0 Å². The molecule has 11 heteroatoms. The van der Waals surface area contributed by atoms with Gasteiger partial charge in [-0.25, -0.2) is 9.78 Å². The van der Waals surface area contributed by atoms with E-state index in [1.807, 2.05) is 90.1 Å². The minimum Gasteiger partial charge on any atom is -0.477 e. The van der Waals surface area contributed by atoms with Gasteiger partial charge in [0.15, 0.2) is 0 Å². The van der Waals surface area contributed by atoms with Gasteiger partial charge in [-0.15, -0.1) is 0 Å². The molecule has 0 aliphatic carbocycles. The highest BCUT2D eigenvalue weighted by Crippen LogP contribution is 2.54. The Morgan fingerprint density at radius 1 is 0.978 bits per heavy atom. The molecule has 1 aromatic heterocycles. The number of aliphatic imine (C=N–C) groups is 1. The lowest BCUT2D eigenvalue weighted by Crippen LogP contribution is -2.59. The molecule has 2 N–H and O–H groups in total. The first kappa shape index (κ1) is 32.7. The number of carbonyl (C=O) groups excluding carboxylic acids is 2. The fourth-order valence-corrected chi connectivity index (χ4v) is 6.44. The van der Waals surface area contributed by atoms with Crippen molar-refractivity contribution >= 4 is 41.0 Å². The van der Waals surface area contributed by atoms with Crippen LogP contribution in [0.3, 0.4) is 0 Å². The molecule has 2 atom stereocenters. The minimum absolute atomic E-state index is 0.255. The van der Waals surface area contributed by atoms with Crippen molar-refractivity contribution in [3.63, 3.8) is 0 Å². The van der Waals surface area contributed by atoms with Gasteiger partial charge in [-0.2, -0.15) is 4.98 Å². The van der Waals surface area contributed by atoms with Gasteiger partial charge in [0.1, 0.15) is 22.7 Å². The van der Waals surface area contributed by atoms with E-state index in [2.05, 4.69) is 0 Å². The highest BCUT2D eigenvalue weighted by molar-refractivity contribution is 6.30. The number of primary amides is 1. The molecular weight excluding hydrogens is 611 g/mol. The number of hydrogen-bond donors (Lipinski definition) is 1. The third-order valence-electron chi connectivity index (χ3n) is 9.05. The minimum atomic E-state index is -1.06. The van der Waals surface area contributed by atoms with E-state index in [4.69, 9.17) is 48.6 Å². The van der Waals surface area contributed by atoms with Crippen LogP contribution in [0.2, 0.25) is 10.0 Å². The summed E-state index contributed by atoms with van der Waals surface area (Å²) in [5, 5.41) is 1.17. The van der Waals surface area contributed by atoms with Gasteiger partial charge in [0, 0.05) is 40.7 Å². The summed E-state index contributed by atoms with van der Waals surface area (Å²) in [6, 6.07) is 14.8. The quantitative estimate of drug-likeness (QED) is 0.319.